The zero-order valence-corrected chi connectivity index (χ0v) is 11.8. The average molecular weight is 240 g/mol. The molecule has 0 aliphatic heterocycles. The Morgan fingerprint density at radius 1 is 1.12 bits per heavy atom. The first-order valence-corrected chi connectivity index (χ1v) is 7.05. The molecule has 17 heavy (non-hydrogen) atoms. The van der Waals surface area contributed by atoms with Gasteiger partial charge in [0, 0.05) is 12.1 Å². The van der Waals surface area contributed by atoms with E-state index in [1.165, 1.54) is 32.1 Å². The fraction of sp³-hybridized carbons (Fsp3) is 0.929. The molecule has 1 saturated carbocycles. The number of hydrogen-bond acceptors (Lipinski definition) is 2. The summed E-state index contributed by atoms with van der Waals surface area (Å²) in [7, 11) is 0. The van der Waals surface area contributed by atoms with Crippen LogP contribution in [0.5, 0.6) is 0 Å². The van der Waals surface area contributed by atoms with E-state index in [0.29, 0.717) is 6.04 Å². The second-order valence-electron chi connectivity index (χ2n) is 5.86. The van der Waals surface area contributed by atoms with Gasteiger partial charge >= 0.3 is 0 Å². The molecule has 1 rings (SSSR count). The molecule has 3 unspecified atom stereocenters. The first-order chi connectivity index (χ1) is 7.99. The Hall–Kier alpha value is -0.570. The molecule has 100 valence electrons. The van der Waals surface area contributed by atoms with Gasteiger partial charge in [0.2, 0.25) is 5.91 Å². The second-order valence-corrected chi connectivity index (χ2v) is 5.86. The summed E-state index contributed by atoms with van der Waals surface area (Å²) >= 11 is 0. The van der Waals surface area contributed by atoms with E-state index in [1.54, 1.807) is 0 Å². The molecule has 0 radical (unpaired) electrons. The Balaban J connectivity index is 2.34. The third kappa shape index (κ3) is 5.53. The van der Waals surface area contributed by atoms with Crippen molar-refractivity contribution in [1.82, 2.24) is 10.6 Å². The zero-order valence-electron chi connectivity index (χ0n) is 11.8. The number of rotatable bonds is 4. The smallest absolute Gasteiger partial charge is 0.237 e. The SMILES string of the molecule is CC1CCCC(NC(C)C(=O)NC(C)C)CC1. The summed E-state index contributed by atoms with van der Waals surface area (Å²) in [5.41, 5.74) is 0. The van der Waals surface area contributed by atoms with Crippen LogP contribution in [0.15, 0.2) is 0 Å². The number of carbonyl (C=O) groups excluding carboxylic acids is 1. The van der Waals surface area contributed by atoms with E-state index in [-0.39, 0.29) is 18.0 Å². The van der Waals surface area contributed by atoms with Crippen LogP contribution in [-0.4, -0.2) is 24.0 Å². The maximum atomic E-state index is 11.8. The minimum atomic E-state index is -0.0733. The normalized spacial score (nSPS) is 27.6. The van der Waals surface area contributed by atoms with E-state index in [0.717, 1.165) is 5.92 Å². The number of amides is 1. The summed E-state index contributed by atoms with van der Waals surface area (Å²) in [4.78, 5) is 11.8. The molecule has 2 N–H and O–H groups in total. The molecule has 1 amide bonds. The largest absolute Gasteiger partial charge is 0.353 e. The third-order valence-corrected chi connectivity index (χ3v) is 3.57. The summed E-state index contributed by atoms with van der Waals surface area (Å²) in [6, 6.07) is 0.671. The molecule has 0 spiro atoms. The fourth-order valence-corrected chi connectivity index (χ4v) is 2.49. The van der Waals surface area contributed by atoms with E-state index in [1.807, 2.05) is 20.8 Å². The van der Waals surface area contributed by atoms with Crippen molar-refractivity contribution < 1.29 is 4.79 Å². The van der Waals surface area contributed by atoms with E-state index in [4.69, 9.17) is 0 Å². The van der Waals surface area contributed by atoms with E-state index < -0.39 is 0 Å². The molecule has 0 aromatic carbocycles. The van der Waals surface area contributed by atoms with E-state index >= 15 is 0 Å². The van der Waals surface area contributed by atoms with Crippen LogP contribution in [0, 0.1) is 5.92 Å². The van der Waals surface area contributed by atoms with Crippen molar-refractivity contribution in [2.45, 2.75) is 77.9 Å². The van der Waals surface area contributed by atoms with Gasteiger partial charge in [0.05, 0.1) is 6.04 Å². The van der Waals surface area contributed by atoms with Crippen LogP contribution in [0.25, 0.3) is 0 Å². The molecule has 1 aliphatic rings. The van der Waals surface area contributed by atoms with Crippen LogP contribution in [0.2, 0.25) is 0 Å². The van der Waals surface area contributed by atoms with Gasteiger partial charge in [-0.3, -0.25) is 4.79 Å². The fourth-order valence-electron chi connectivity index (χ4n) is 2.49. The van der Waals surface area contributed by atoms with Crippen molar-refractivity contribution in [1.29, 1.82) is 0 Å². The van der Waals surface area contributed by atoms with Gasteiger partial charge < -0.3 is 10.6 Å². The van der Waals surface area contributed by atoms with Gasteiger partial charge in [-0.25, -0.2) is 0 Å². The van der Waals surface area contributed by atoms with Gasteiger partial charge in [-0.1, -0.05) is 19.8 Å². The highest BCUT2D eigenvalue weighted by Gasteiger charge is 2.20. The zero-order chi connectivity index (χ0) is 12.8. The van der Waals surface area contributed by atoms with Crippen LogP contribution in [0.3, 0.4) is 0 Å². The lowest BCUT2D eigenvalue weighted by molar-refractivity contribution is -0.123. The van der Waals surface area contributed by atoms with E-state index in [2.05, 4.69) is 17.6 Å². The molecule has 0 aromatic heterocycles. The van der Waals surface area contributed by atoms with Gasteiger partial charge in [0.1, 0.15) is 0 Å². The van der Waals surface area contributed by atoms with Crippen LogP contribution in [0.4, 0.5) is 0 Å². The highest BCUT2D eigenvalue weighted by atomic mass is 16.2. The first kappa shape index (κ1) is 14.5. The lowest BCUT2D eigenvalue weighted by Gasteiger charge is -2.22. The quantitative estimate of drug-likeness (QED) is 0.741. The molecule has 1 aliphatic carbocycles. The molecule has 0 heterocycles. The standard InChI is InChI=1S/C14H28N2O/c1-10(2)15-14(17)12(4)16-13-7-5-6-11(3)8-9-13/h10-13,16H,5-9H2,1-4H3,(H,15,17). The molecule has 0 saturated heterocycles. The molecular formula is C14H28N2O. The van der Waals surface area contributed by atoms with Gasteiger partial charge in [-0.2, -0.15) is 0 Å². The molecule has 3 atom stereocenters. The van der Waals surface area contributed by atoms with Crippen molar-refractivity contribution >= 4 is 5.91 Å². The lowest BCUT2D eigenvalue weighted by Crippen LogP contribution is -2.48. The van der Waals surface area contributed by atoms with Crippen molar-refractivity contribution in [3.63, 3.8) is 0 Å². The summed E-state index contributed by atoms with van der Waals surface area (Å²) in [6.45, 7) is 8.29. The number of hydrogen-bond donors (Lipinski definition) is 2. The first-order valence-electron chi connectivity index (χ1n) is 7.05. The van der Waals surface area contributed by atoms with Gasteiger partial charge in [-0.05, 0) is 46.0 Å². The van der Waals surface area contributed by atoms with Gasteiger partial charge in [0.15, 0.2) is 0 Å². The van der Waals surface area contributed by atoms with Crippen molar-refractivity contribution in [2.75, 3.05) is 0 Å². The summed E-state index contributed by atoms with van der Waals surface area (Å²) < 4.78 is 0. The second kappa shape index (κ2) is 7.00. The lowest BCUT2D eigenvalue weighted by atomic mass is 10.0. The van der Waals surface area contributed by atoms with Crippen LogP contribution < -0.4 is 10.6 Å². The number of nitrogens with one attached hydrogen (secondary N) is 2. The molecule has 3 heteroatoms. The topological polar surface area (TPSA) is 41.1 Å². The van der Waals surface area contributed by atoms with Crippen LogP contribution in [-0.2, 0) is 4.79 Å². The highest BCUT2D eigenvalue weighted by molar-refractivity contribution is 5.81. The molecule has 0 bridgehead atoms. The van der Waals surface area contributed by atoms with Gasteiger partial charge in [0.25, 0.3) is 0 Å². The Morgan fingerprint density at radius 3 is 2.47 bits per heavy atom. The van der Waals surface area contributed by atoms with Gasteiger partial charge in [-0.15, -0.1) is 0 Å². The monoisotopic (exact) mass is 240 g/mol. The summed E-state index contributed by atoms with van der Waals surface area (Å²) in [6.07, 6.45) is 6.34. The molecule has 1 fully saturated rings. The maximum Gasteiger partial charge on any atom is 0.237 e. The summed E-state index contributed by atoms with van der Waals surface area (Å²) in [5, 5.41) is 6.43. The van der Waals surface area contributed by atoms with Crippen LogP contribution >= 0.6 is 0 Å². The third-order valence-electron chi connectivity index (χ3n) is 3.57. The molecule has 0 aromatic rings. The molecular weight excluding hydrogens is 212 g/mol. The predicted octanol–water partition coefficient (Wildman–Crippen LogP) is 2.46. The van der Waals surface area contributed by atoms with Crippen molar-refractivity contribution in [3.05, 3.63) is 0 Å². The summed E-state index contributed by atoms with van der Waals surface area (Å²) in [5.74, 6) is 0.971. The predicted molar refractivity (Wildman–Crippen MR) is 71.9 cm³/mol. The number of carbonyl (C=O) groups is 1. The Labute approximate surface area is 106 Å². The molecule has 3 nitrogen and oxygen atoms in total. The average Bonchev–Trinajstić information content (AvgIpc) is 2.42. The Kier molecular flexibility index (Phi) is 5.96. The van der Waals surface area contributed by atoms with E-state index in [9.17, 15) is 4.79 Å². The Morgan fingerprint density at radius 2 is 1.82 bits per heavy atom. The maximum absolute atomic E-state index is 11.8. The minimum Gasteiger partial charge on any atom is -0.353 e. The minimum absolute atomic E-state index is 0.0733. The van der Waals surface area contributed by atoms with Crippen molar-refractivity contribution in [3.8, 4) is 0 Å². The Bertz CT molecular complexity index is 240. The van der Waals surface area contributed by atoms with Crippen LogP contribution in [0.1, 0.15) is 59.8 Å². The highest BCUT2D eigenvalue weighted by Crippen LogP contribution is 2.22. The van der Waals surface area contributed by atoms with Crippen molar-refractivity contribution in [2.24, 2.45) is 5.92 Å².